The molecule has 0 saturated heterocycles. The fourth-order valence-corrected chi connectivity index (χ4v) is 0.371. The highest BCUT2D eigenvalue weighted by molar-refractivity contribution is 5.14. The molecule has 0 heterocycles. The van der Waals surface area contributed by atoms with Gasteiger partial charge in [-0.25, -0.2) is 0 Å². The predicted molar refractivity (Wildman–Crippen MR) is 32.8 cm³/mol. The van der Waals surface area contributed by atoms with Crippen LogP contribution in [0.5, 0.6) is 0 Å². The van der Waals surface area contributed by atoms with Crippen LogP contribution in [0.2, 0.25) is 0 Å². The average Bonchev–Trinajstić information content (AvgIpc) is 1.27. The molecule has 7 heavy (non-hydrogen) atoms. The molecular formula is C6H11N. The molecule has 0 spiro atoms. The lowest BCUT2D eigenvalue weighted by atomic mass is 10.3. The standard InChI is InChI=1S/C6H11N/c1-5(2)4-6(3)7/h4H,3,7H2,1-2H3. The minimum Gasteiger partial charge on any atom is -0.399 e. The quantitative estimate of drug-likeness (QED) is 0.492. The van der Waals surface area contributed by atoms with Crippen LogP contribution in [0.3, 0.4) is 0 Å². The number of hydrogen-bond acceptors (Lipinski definition) is 1. The van der Waals surface area contributed by atoms with Gasteiger partial charge in [0.25, 0.3) is 0 Å². The minimum absolute atomic E-state index is 0.625. The molecular weight excluding hydrogens is 86.1 g/mol. The molecule has 0 amide bonds. The molecule has 0 aromatic carbocycles. The minimum atomic E-state index is 0.625. The van der Waals surface area contributed by atoms with Crippen LogP contribution < -0.4 is 5.73 Å². The third kappa shape index (κ3) is 5.28. The summed E-state index contributed by atoms with van der Waals surface area (Å²) in [6.07, 6.45) is 1.83. The fraction of sp³-hybridized carbons (Fsp3) is 0.333. The van der Waals surface area contributed by atoms with Crippen molar-refractivity contribution in [2.24, 2.45) is 5.73 Å². The second kappa shape index (κ2) is 2.45. The average molecular weight is 97.2 g/mol. The third-order valence-corrected chi connectivity index (χ3v) is 0.474. The summed E-state index contributed by atoms with van der Waals surface area (Å²) in [5, 5.41) is 0. The van der Waals surface area contributed by atoms with E-state index in [0.29, 0.717) is 5.70 Å². The monoisotopic (exact) mass is 97.1 g/mol. The van der Waals surface area contributed by atoms with Crippen LogP contribution in [-0.2, 0) is 0 Å². The summed E-state index contributed by atoms with van der Waals surface area (Å²) in [6, 6.07) is 0. The number of rotatable bonds is 1. The highest BCUT2D eigenvalue weighted by Crippen LogP contribution is 1.90. The molecule has 0 rings (SSSR count). The Kier molecular flexibility index (Phi) is 2.20. The Bertz CT molecular complexity index is 96.7. The molecule has 0 fully saturated rings. The SMILES string of the molecule is C=C(N)C=C(C)C. The molecule has 1 nitrogen and oxygen atoms in total. The van der Waals surface area contributed by atoms with Gasteiger partial charge in [-0.2, -0.15) is 0 Å². The van der Waals surface area contributed by atoms with Gasteiger partial charge >= 0.3 is 0 Å². The van der Waals surface area contributed by atoms with Gasteiger partial charge in [0.2, 0.25) is 0 Å². The summed E-state index contributed by atoms with van der Waals surface area (Å²) in [4.78, 5) is 0. The summed E-state index contributed by atoms with van der Waals surface area (Å²) >= 11 is 0. The van der Waals surface area contributed by atoms with Crippen molar-refractivity contribution in [2.45, 2.75) is 13.8 Å². The van der Waals surface area contributed by atoms with Gasteiger partial charge in [0.05, 0.1) is 0 Å². The van der Waals surface area contributed by atoms with Gasteiger partial charge in [-0.05, 0) is 19.9 Å². The van der Waals surface area contributed by atoms with E-state index in [4.69, 9.17) is 5.73 Å². The first-order chi connectivity index (χ1) is 3.13. The molecule has 0 saturated carbocycles. The number of nitrogens with two attached hydrogens (primary N) is 1. The Morgan fingerprint density at radius 1 is 1.57 bits per heavy atom. The molecule has 0 radical (unpaired) electrons. The van der Waals surface area contributed by atoms with Gasteiger partial charge < -0.3 is 5.73 Å². The van der Waals surface area contributed by atoms with Crippen LogP contribution in [0.25, 0.3) is 0 Å². The first kappa shape index (κ1) is 6.28. The topological polar surface area (TPSA) is 26.0 Å². The van der Waals surface area contributed by atoms with E-state index >= 15 is 0 Å². The lowest BCUT2D eigenvalue weighted by Crippen LogP contribution is -1.88. The summed E-state index contributed by atoms with van der Waals surface area (Å²) in [7, 11) is 0. The van der Waals surface area contributed by atoms with Crippen molar-refractivity contribution in [1.82, 2.24) is 0 Å². The molecule has 0 bridgehead atoms. The second-order valence-corrected chi connectivity index (χ2v) is 1.80. The Labute approximate surface area is 44.5 Å². The van der Waals surface area contributed by atoms with Gasteiger partial charge in [0, 0.05) is 5.70 Å². The molecule has 0 atom stereocenters. The molecule has 0 aliphatic heterocycles. The normalized spacial score (nSPS) is 7.71. The Morgan fingerprint density at radius 2 is 2.00 bits per heavy atom. The molecule has 0 unspecified atom stereocenters. The second-order valence-electron chi connectivity index (χ2n) is 1.80. The number of hydrogen-bond donors (Lipinski definition) is 1. The molecule has 40 valence electrons. The molecule has 0 aliphatic rings. The van der Waals surface area contributed by atoms with Crippen molar-refractivity contribution in [3.63, 3.8) is 0 Å². The largest absolute Gasteiger partial charge is 0.399 e. The zero-order valence-electron chi connectivity index (χ0n) is 4.86. The van der Waals surface area contributed by atoms with E-state index in [-0.39, 0.29) is 0 Å². The van der Waals surface area contributed by atoms with Gasteiger partial charge in [-0.1, -0.05) is 12.2 Å². The Hall–Kier alpha value is -0.720. The highest BCUT2D eigenvalue weighted by atomic mass is 14.5. The number of allylic oxidation sites excluding steroid dienone is 2. The van der Waals surface area contributed by atoms with Crippen LogP contribution in [-0.4, -0.2) is 0 Å². The first-order valence-corrected chi connectivity index (χ1v) is 2.22. The van der Waals surface area contributed by atoms with Crippen LogP contribution in [0.15, 0.2) is 23.9 Å². The van der Waals surface area contributed by atoms with E-state index in [1.807, 2.05) is 19.9 Å². The summed E-state index contributed by atoms with van der Waals surface area (Å²) < 4.78 is 0. The smallest absolute Gasteiger partial charge is 0.0240 e. The van der Waals surface area contributed by atoms with Crippen molar-refractivity contribution in [3.8, 4) is 0 Å². The van der Waals surface area contributed by atoms with Gasteiger partial charge in [-0.3, -0.25) is 0 Å². The van der Waals surface area contributed by atoms with E-state index < -0.39 is 0 Å². The van der Waals surface area contributed by atoms with E-state index in [1.165, 1.54) is 5.57 Å². The van der Waals surface area contributed by atoms with Crippen molar-refractivity contribution < 1.29 is 0 Å². The van der Waals surface area contributed by atoms with E-state index in [0.717, 1.165) is 0 Å². The van der Waals surface area contributed by atoms with Crippen molar-refractivity contribution in [2.75, 3.05) is 0 Å². The van der Waals surface area contributed by atoms with Crippen LogP contribution >= 0.6 is 0 Å². The Balaban J connectivity index is 3.68. The summed E-state index contributed by atoms with van der Waals surface area (Å²) in [6.45, 7) is 7.46. The summed E-state index contributed by atoms with van der Waals surface area (Å²) in [5.41, 5.74) is 7.04. The maximum absolute atomic E-state index is 5.22. The molecule has 0 aliphatic carbocycles. The van der Waals surface area contributed by atoms with Gasteiger partial charge in [-0.15, -0.1) is 0 Å². The summed E-state index contributed by atoms with van der Waals surface area (Å²) in [5.74, 6) is 0. The lowest BCUT2D eigenvalue weighted by Gasteiger charge is -1.86. The molecule has 2 N–H and O–H groups in total. The van der Waals surface area contributed by atoms with Crippen molar-refractivity contribution >= 4 is 0 Å². The van der Waals surface area contributed by atoms with E-state index in [9.17, 15) is 0 Å². The maximum Gasteiger partial charge on any atom is 0.0240 e. The van der Waals surface area contributed by atoms with Crippen molar-refractivity contribution in [3.05, 3.63) is 23.9 Å². The van der Waals surface area contributed by atoms with E-state index in [1.54, 1.807) is 0 Å². The lowest BCUT2D eigenvalue weighted by molar-refractivity contribution is 1.33. The van der Waals surface area contributed by atoms with Crippen LogP contribution in [0.1, 0.15) is 13.8 Å². The van der Waals surface area contributed by atoms with Gasteiger partial charge in [0.1, 0.15) is 0 Å². The molecule has 0 aromatic heterocycles. The first-order valence-electron chi connectivity index (χ1n) is 2.22. The maximum atomic E-state index is 5.22. The zero-order chi connectivity index (χ0) is 5.86. The molecule has 0 aromatic rings. The Morgan fingerprint density at radius 3 is 2.00 bits per heavy atom. The highest BCUT2D eigenvalue weighted by Gasteiger charge is 1.74. The van der Waals surface area contributed by atoms with Crippen LogP contribution in [0.4, 0.5) is 0 Å². The zero-order valence-corrected chi connectivity index (χ0v) is 4.86. The fourth-order valence-electron chi connectivity index (χ4n) is 0.371. The molecule has 1 heteroatoms. The van der Waals surface area contributed by atoms with E-state index in [2.05, 4.69) is 6.58 Å². The van der Waals surface area contributed by atoms with Gasteiger partial charge in [0.15, 0.2) is 0 Å². The predicted octanol–water partition coefficient (Wildman–Crippen LogP) is 1.43. The van der Waals surface area contributed by atoms with Crippen molar-refractivity contribution in [1.29, 1.82) is 0 Å². The van der Waals surface area contributed by atoms with Crippen LogP contribution in [0, 0.1) is 0 Å². The third-order valence-electron chi connectivity index (χ3n) is 0.474.